The minimum Gasteiger partial charge on any atom is -0.371 e. The maximum atomic E-state index is 12.9. The first-order chi connectivity index (χ1) is 11.5. The number of hydrogen-bond acceptors (Lipinski definition) is 4. The second-order valence-corrected chi connectivity index (χ2v) is 7.66. The van der Waals surface area contributed by atoms with Crippen LogP contribution in [-0.4, -0.2) is 38.2 Å². The van der Waals surface area contributed by atoms with E-state index in [-0.39, 0.29) is 23.3 Å². The summed E-state index contributed by atoms with van der Waals surface area (Å²) >= 11 is 0. The van der Waals surface area contributed by atoms with E-state index in [1.54, 1.807) is 12.1 Å². The summed E-state index contributed by atoms with van der Waals surface area (Å²) in [5.41, 5.74) is 1.35. The van der Waals surface area contributed by atoms with Gasteiger partial charge in [-0.2, -0.15) is 4.31 Å². The first-order valence-electron chi connectivity index (χ1n) is 7.76. The second kappa shape index (κ2) is 6.84. The highest BCUT2D eigenvalue weighted by Crippen LogP contribution is 2.26. The molecule has 0 aromatic heterocycles. The van der Waals surface area contributed by atoms with Crippen LogP contribution in [0.25, 0.3) is 0 Å². The zero-order valence-electron chi connectivity index (χ0n) is 13.4. The van der Waals surface area contributed by atoms with Gasteiger partial charge in [0.15, 0.2) is 5.78 Å². The van der Waals surface area contributed by atoms with Crippen molar-refractivity contribution in [3.05, 3.63) is 65.7 Å². The smallest absolute Gasteiger partial charge is 0.243 e. The summed E-state index contributed by atoms with van der Waals surface area (Å²) in [6, 6.07) is 15.7. The minimum absolute atomic E-state index is 0.143. The van der Waals surface area contributed by atoms with Gasteiger partial charge >= 0.3 is 0 Å². The molecule has 0 saturated carbocycles. The number of hydrogen-bond donors (Lipinski definition) is 0. The van der Waals surface area contributed by atoms with Crippen molar-refractivity contribution in [1.29, 1.82) is 0 Å². The number of ether oxygens (including phenoxy) is 1. The van der Waals surface area contributed by atoms with Crippen LogP contribution in [0.2, 0.25) is 0 Å². The second-order valence-electron chi connectivity index (χ2n) is 5.72. The maximum absolute atomic E-state index is 12.9. The van der Waals surface area contributed by atoms with Crippen molar-refractivity contribution >= 4 is 15.8 Å². The molecule has 1 atom stereocenters. The van der Waals surface area contributed by atoms with Gasteiger partial charge in [-0.1, -0.05) is 42.5 Å². The highest BCUT2D eigenvalue weighted by atomic mass is 32.2. The molecule has 1 saturated heterocycles. The fourth-order valence-electron chi connectivity index (χ4n) is 2.74. The Labute approximate surface area is 141 Å². The molecule has 0 aliphatic carbocycles. The lowest BCUT2D eigenvalue weighted by Crippen LogP contribution is -2.42. The van der Waals surface area contributed by atoms with Gasteiger partial charge in [-0.25, -0.2) is 8.42 Å². The van der Waals surface area contributed by atoms with Crippen LogP contribution in [0, 0.1) is 0 Å². The lowest BCUT2D eigenvalue weighted by atomic mass is 10.1. The molecule has 126 valence electrons. The van der Waals surface area contributed by atoms with Crippen molar-refractivity contribution in [2.24, 2.45) is 0 Å². The molecule has 24 heavy (non-hydrogen) atoms. The van der Waals surface area contributed by atoms with Gasteiger partial charge in [-0.15, -0.1) is 0 Å². The van der Waals surface area contributed by atoms with Gasteiger partial charge in [-0.3, -0.25) is 4.79 Å². The summed E-state index contributed by atoms with van der Waals surface area (Å²) < 4.78 is 32.9. The fraction of sp³-hybridized carbons (Fsp3) is 0.278. The zero-order chi connectivity index (χ0) is 17.2. The van der Waals surface area contributed by atoms with Crippen LogP contribution in [0.3, 0.4) is 0 Å². The number of morpholine rings is 1. The average molecular weight is 345 g/mol. The molecule has 0 amide bonds. The molecular formula is C18H19NO4S. The first-order valence-corrected chi connectivity index (χ1v) is 9.20. The standard InChI is InChI=1S/C18H19NO4S/c1-14(20)16-8-5-9-17(12-16)24(21,22)19-10-11-23-18(13-19)15-6-3-2-4-7-15/h2-9,12,18H,10-11,13H2,1H3. The van der Waals surface area contributed by atoms with E-state index < -0.39 is 10.0 Å². The highest BCUT2D eigenvalue weighted by Gasteiger charge is 2.31. The Kier molecular flexibility index (Phi) is 4.80. The topological polar surface area (TPSA) is 63.7 Å². The normalized spacial score (nSPS) is 19.1. The van der Waals surface area contributed by atoms with Gasteiger partial charge in [-0.05, 0) is 24.6 Å². The van der Waals surface area contributed by atoms with Crippen LogP contribution in [0.1, 0.15) is 28.9 Å². The SMILES string of the molecule is CC(=O)c1cccc(S(=O)(=O)N2CCOC(c3ccccc3)C2)c1. The number of Topliss-reactive ketones (excluding diaryl/α,β-unsaturated/α-hetero) is 1. The van der Waals surface area contributed by atoms with Crippen LogP contribution >= 0.6 is 0 Å². The number of ketones is 1. The maximum Gasteiger partial charge on any atom is 0.243 e. The molecule has 1 unspecified atom stereocenters. The minimum atomic E-state index is -3.66. The zero-order valence-corrected chi connectivity index (χ0v) is 14.2. The largest absolute Gasteiger partial charge is 0.371 e. The lowest BCUT2D eigenvalue weighted by molar-refractivity contribution is -0.00255. The predicted octanol–water partition coefficient (Wildman–Crippen LogP) is 2.65. The summed E-state index contributed by atoms with van der Waals surface area (Å²) in [5.74, 6) is -0.156. The van der Waals surface area contributed by atoms with Crippen LogP contribution in [-0.2, 0) is 14.8 Å². The van der Waals surface area contributed by atoms with Gasteiger partial charge in [0.25, 0.3) is 0 Å². The third-order valence-electron chi connectivity index (χ3n) is 4.08. The molecular weight excluding hydrogens is 326 g/mol. The highest BCUT2D eigenvalue weighted by molar-refractivity contribution is 7.89. The van der Waals surface area contributed by atoms with E-state index in [0.29, 0.717) is 18.7 Å². The molecule has 5 nitrogen and oxygen atoms in total. The first kappa shape index (κ1) is 16.8. The van der Waals surface area contributed by atoms with E-state index in [1.165, 1.54) is 23.4 Å². The summed E-state index contributed by atoms with van der Waals surface area (Å²) in [7, 11) is -3.66. The Morgan fingerprint density at radius 2 is 1.88 bits per heavy atom. The Balaban J connectivity index is 1.87. The van der Waals surface area contributed by atoms with Crippen LogP contribution in [0.5, 0.6) is 0 Å². The van der Waals surface area contributed by atoms with E-state index >= 15 is 0 Å². The molecule has 6 heteroatoms. The molecule has 0 spiro atoms. The van der Waals surface area contributed by atoms with E-state index in [4.69, 9.17) is 4.74 Å². The number of sulfonamides is 1. The van der Waals surface area contributed by atoms with Crippen LogP contribution in [0.4, 0.5) is 0 Å². The Bertz CT molecular complexity index is 833. The predicted molar refractivity (Wildman–Crippen MR) is 90.3 cm³/mol. The third-order valence-corrected chi connectivity index (χ3v) is 5.94. The summed E-state index contributed by atoms with van der Waals surface area (Å²) in [5, 5.41) is 0. The Hall–Kier alpha value is -2.02. The molecule has 0 radical (unpaired) electrons. The number of rotatable bonds is 4. The van der Waals surface area contributed by atoms with Gasteiger partial charge < -0.3 is 4.74 Å². The number of carbonyl (C=O) groups is 1. The monoisotopic (exact) mass is 345 g/mol. The molecule has 2 aromatic carbocycles. The van der Waals surface area contributed by atoms with Crippen LogP contribution < -0.4 is 0 Å². The molecule has 3 rings (SSSR count). The quantitative estimate of drug-likeness (QED) is 0.799. The molecule has 2 aromatic rings. The van der Waals surface area contributed by atoms with Crippen molar-refractivity contribution in [3.63, 3.8) is 0 Å². The van der Waals surface area contributed by atoms with Gasteiger partial charge in [0.05, 0.1) is 17.6 Å². The number of benzene rings is 2. The summed E-state index contributed by atoms with van der Waals surface area (Å²) in [6.45, 7) is 2.32. The van der Waals surface area contributed by atoms with Crippen molar-refractivity contribution in [3.8, 4) is 0 Å². The Morgan fingerprint density at radius 1 is 1.12 bits per heavy atom. The molecule has 1 aliphatic heterocycles. The lowest BCUT2D eigenvalue weighted by Gasteiger charge is -2.32. The molecule has 0 bridgehead atoms. The summed E-state index contributed by atoms with van der Waals surface area (Å²) in [6.07, 6.45) is -0.286. The summed E-state index contributed by atoms with van der Waals surface area (Å²) in [4.78, 5) is 11.7. The van der Waals surface area contributed by atoms with Crippen molar-refractivity contribution < 1.29 is 17.9 Å². The van der Waals surface area contributed by atoms with Gasteiger partial charge in [0, 0.05) is 18.7 Å². The van der Waals surface area contributed by atoms with E-state index in [9.17, 15) is 13.2 Å². The van der Waals surface area contributed by atoms with E-state index in [2.05, 4.69) is 0 Å². The van der Waals surface area contributed by atoms with E-state index in [0.717, 1.165) is 5.56 Å². The average Bonchev–Trinajstić information content (AvgIpc) is 2.62. The van der Waals surface area contributed by atoms with Gasteiger partial charge in [0.1, 0.15) is 0 Å². The van der Waals surface area contributed by atoms with Gasteiger partial charge in [0.2, 0.25) is 10.0 Å². The molecule has 0 N–H and O–H groups in total. The van der Waals surface area contributed by atoms with Crippen molar-refractivity contribution in [2.45, 2.75) is 17.9 Å². The van der Waals surface area contributed by atoms with E-state index in [1.807, 2.05) is 30.3 Å². The number of carbonyl (C=O) groups excluding carboxylic acids is 1. The number of nitrogens with zero attached hydrogens (tertiary/aromatic N) is 1. The molecule has 1 aliphatic rings. The fourth-order valence-corrected chi connectivity index (χ4v) is 4.21. The Morgan fingerprint density at radius 3 is 2.58 bits per heavy atom. The van der Waals surface area contributed by atoms with Crippen LogP contribution in [0.15, 0.2) is 59.5 Å². The molecule has 1 fully saturated rings. The molecule has 1 heterocycles. The van der Waals surface area contributed by atoms with Crippen molar-refractivity contribution in [2.75, 3.05) is 19.7 Å². The van der Waals surface area contributed by atoms with Crippen molar-refractivity contribution in [1.82, 2.24) is 4.31 Å². The third kappa shape index (κ3) is 3.40.